The number of amides is 1. The maximum absolute atomic E-state index is 12.3. The van der Waals surface area contributed by atoms with E-state index in [-0.39, 0.29) is 12.0 Å². The van der Waals surface area contributed by atoms with Crippen LogP contribution in [-0.4, -0.2) is 48.7 Å². The molecular formula is C19H23N3O3. The molecule has 1 aromatic carbocycles. The summed E-state index contributed by atoms with van der Waals surface area (Å²) in [5.74, 6) is 1.04. The van der Waals surface area contributed by atoms with E-state index < -0.39 is 0 Å². The van der Waals surface area contributed by atoms with Gasteiger partial charge in [-0.1, -0.05) is 30.3 Å². The Labute approximate surface area is 147 Å². The Hall–Kier alpha value is -2.44. The molecule has 1 fully saturated rings. The zero-order valence-electron chi connectivity index (χ0n) is 14.4. The van der Waals surface area contributed by atoms with Crippen LogP contribution in [0.3, 0.4) is 0 Å². The van der Waals surface area contributed by atoms with Crippen LogP contribution in [-0.2, 0) is 16.1 Å². The highest BCUT2D eigenvalue weighted by Crippen LogP contribution is 2.16. The Bertz CT molecular complexity index is 693. The van der Waals surface area contributed by atoms with Crippen LogP contribution in [0, 0.1) is 0 Å². The first-order valence-electron chi connectivity index (χ1n) is 8.41. The number of hydrogen-bond acceptors (Lipinski definition) is 5. The van der Waals surface area contributed by atoms with Crippen molar-refractivity contribution in [1.29, 1.82) is 0 Å². The molecule has 1 aromatic heterocycles. The van der Waals surface area contributed by atoms with Crippen molar-refractivity contribution in [2.75, 3.05) is 32.1 Å². The number of rotatable bonds is 6. The Morgan fingerprint density at radius 2 is 2.20 bits per heavy atom. The monoisotopic (exact) mass is 341 g/mol. The quantitative estimate of drug-likeness (QED) is 0.874. The van der Waals surface area contributed by atoms with E-state index in [1.54, 1.807) is 25.4 Å². The van der Waals surface area contributed by atoms with Crippen molar-refractivity contribution in [2.45, 2.75) is 19.1 Å². The summed E-state index contributed by atoms with van der Waals surface area (Å²) in [7, 11) is 1.58. The van der Waals surface area contributed by atoms with Crippen LogP contribution in [0.1, 0.15) is 12.0 Å². The number of morpholine rings is 1. The second-order valence-electron chi connectivity index (χ2n) is 6.05. The van der Waals surface area contributed by atoms with E-state index in [2.05, 4.69) is 27.3 Å². The van der Waals surface area contributed by atoms with E-state index in [0.717, 1.165) is 19.6 Å². The summed E-state index contributed by atoms with van der Waals surface area (Å²) in [6, 6.07) is 13.8. The van der Waals surface area contributed by atoms with E-state index >= 15 is 0 Å². The molecular weight excluding hydrogens is 318 g/mol. The van der Waals surface area contributed by atoms with E-state index in [0.29, 0.717) is 24.6 Å². The van der Waals surface area contributed by atoms with Crippen molar-refractivity contribution in [3.8, 4) is 5.75 Å². The number of anilines is 1. The highest BCUT2D eigenvalue weighted by atomic mass is 16.5. The molecule has 1 amide bonds. The maximum Gasteiger partial charge on any atom is 0.228 e. The molecule has 0 bridgehead atoms. The molecule has 0 spiro atoms. The molecule has 6 heteroatoms. The summed E-state index contributed by atoms with van der Waals surface area (Å²) in [5, 5.41) is 2.80. The first-order valence-corrected chi connectivity index (χ1v) is 8.41. The molecule has 0 aliphatic carbocycles. The molecule has 0 saturated carbocycles. The zero-order chi connectivity index (χ0) is 17.5. The average molecular weight is 341 g/mol. The molecule has 2 heterocycles. The Morgan fingerprint density at radius 3 is 3.00 bits per heavy atom. The van der Waals surface area contributed by atoms with Crippen LogP contribution < -0.4 is 10.1 Å². The van der Waals surface area contributed by atoms with Gasteiger partial charge in [0.1, 0.15) is 11.6 Å². The fourth-order valence-corrected chi connectivity index (χ4v) is 2.90. The number of carbonyl (C=O) groups excluding carboxylic acids is 1. The third-order valence-electron chi connectivity index (χ3n) is 4.12. The standard InChI is InChI=1S/C19H23N3O3/c1-24-16-7-8-20-18(11-16)21-19(23)12-17-14-22(9-10-25-17)13-15-5-3-2-4-6-15/h2-8,11,17H,9-10,12-14H2,1H3,(H,20,21,23)/t17-/m1/s1. The highest BCUT2D eigenvalue weighted by Gasteiger charge is 2.23. The lowest BCUT2D eigenvalue weighted by atomic mass is 10.1. The minimum atomic E-state index is -0.108. The summed E-state index contributed by atoms with van der Waals surface area (Å²) in [6.45, 7) is 3.14. The first-order chi connectivity index (χ1) is 12.2. The van der Waals surface area contributed by atoms with E-state index in [1.807, 2.05) is 18.2 Å². The maximum atomic E-state index is 12.3. The number of carbonyl (C=O) groups is 1. The van der Waals surface area contributed by atoms with Gasteiger partial charge in [0.2, 0.25) is 5.91 Å². The van der Waals surface area contributed by atoms with E-state index in [1.165, 1.54) is 5.56 Å². The number of ether oxygens (including phenoxy) is 2. The Kier molecular flexibility index (Phi) is 5.98. The first kappa shape index (κ1) is 17.4. The number of hydrogen-bond donors (Lipinski definition) is 1. The fourth-order valence-electron chi connectivity index (χ4n) is 2.90. The average Bonchev–Trinajstić information content (AvgIpc) is 2.63. The molecule has 1 saturated heterocycles. The molecule has 0 unspecified atom stereocenters. The van der Waals surface area contributed by atoms with Crippen LogP contribution >= 0.6 is 0 Å². The topological polar surface area (TPSA) is 63.7 Å². The normalized spacial score (nSPS) is 17.9. The van der Waals surface area contributed by atoms with Gasteiger partial charge >= 0.3 is 0 Å². The van der Waals surface area contributed by atoms with Gasteiger partial charge in [0.05, 0.1) is 26.2 Å². The van der Waals surface area contributed by atoms with Gasteiger partial charge in [0.25, 0.3) is 0 Å². The van der Waals surface area contributed by atoms with Gasteiger partial charge in [-0.25, -0.2) is 4.98 Å². The number of pyridine rings is 1. The largest absolute Gasteiger partial charge is 0.497 e. The molecule has 1 aliphatic heterocycles. The number of aromatic nitrogens is 1. The summed E-state index contributed by atoms with van der Waals surface area (Å²) < 4.78 is 10.9. The van der Waals surface area contributed by atoms with Crippen LogP contribution in [0.15, 0.2) is 48.7 Å². The van der Waals surface area contributed by atoms with Crippen LogP contribution in [0.4, 0.5) is 5.82 Å². The summed E-state index contributed by atoms with van der Waals surface area (Å²) >= 11 is 0. The van der Waals surface area contributed by atoms with Crippen LogP contribution in [0.5, 0.6) is 5.75 Å². The van der Waals surface area contributed by atoms with Gasteiger partial charge in [-0.2, -0.15) is 0 Å². The molecule has 1 aliphatic rings. The molecule has 1 atom stereocenters. The molecule has 1 N–H and O–H groups in total. The Morgan fingerprint density at radius 1 is 1.36 bits per heavy atom. The second kappa shape index (κ2) is 8.60. The minimum absolute atomic E-state index is 0.104. The molecule has 3 rings (SSSR count). The van der Waals surface area contributed by atoms with E-state index in [4.69, 9.17) is 9.47 Å². The highest BCUT2D eigenvalue weighted by molar-refractivity contribution is 5.90. The SMILES string of the molecule is COc1ccnc(NC(=O)C[C@@H]2CN(Cc3ccccc3)CCO2)c1. The second-order valence-corrected chi connectivity index (χ2v) is 6.05. The van der Waals surface area contributed by atoms with Crippen molar-refractivity contribution in [1.82, 2.24) is 9.88 Å². The van der Waals surface area contributed by atoms with Crippen molar-refractivity contribution in [3.05, 3.63) is 54.2 Å². The van der Waals surface area contributed by atoms with Crippen LogP contribution in [0.25, 0.3) is 0 Å². The third-order valence-corrected chi connectivity index (χ3v) is 4.12. The number of nitrogens with zero attached hydrogens (tertiary/aromatic N) is 2. The smallest absolute Gasteiger partial charge is 0.228 e. The predicted molar refractivity (Wildman–Crippen MR) is 95.5 cm³/mol. The third kappa shape index (κ3) is 5.27. The lowest BCUT2D eigenvalue weighted by Gasteiger charge is -2.32. The van der Waals surface area contributed by atoms with Crippen molar-refractivity contribution >= 4 is 11.7 Å². The minimum Gasteiger partial charge on any atom is -0.497 e. The van der Waals surface area contributed by atoms with Crippen LogP contribution in [0.2, 0.25) is 0 Å². The van der Waals surface area contributed by atoms with E-state index in [9.17, 15) is 4.79 Å². The molecule has 6 nitrogen and oxygen atoms in total. The predicted octanol–water partition coefficient (Wildman–Crippen LogP) is 2.32. The van der Waals surface area contributed by atoms with Gasteiger partial charge in [0, 0.05) is 31.9 Å². The van der Waals surface area contributed by atoms with Gasteiger partial charge in [-0.3, -0.25) is 9.69 Å². The number of benzene rings is 1. The zero-order valence-corrected chi connectivity index (χ0v) is 14.4. The van der Waals surface area contributed by atoms with Gasteiger partial charge in [-0.15, -0.1) is 0 Å². The van der Waals surface area contributed by atoms with Crippen molar-refractivity contribution < 1.29 is 14.3 Å². The number of methoxy groups -OCH3 is 1. The van der Waals surface area contributed by atoms with Gasteiger partial charge in [0.15, 0.2) is 0 Å². The molecule has 25 heavy (non-hydrogen) atoms. The molecule has 2 aromatic rings. The van der Waals surface area contributed by atoms with Gasteiger partial charge < -0.3 is 14.8 Å². The fraction of sp³-hybridized carbons (Fsp3) is 0.368. The molecule has 0 radical (unpaired) electrons. The lowest BCUT2D eigenvalue weighted by molar-refractivity contribution is -0.121. The lowest BCUT2D eigenvalue weighted by Crippen LogP contribution is -2.43. The summed E-state index contributed by atoms with van der Waals surface area (Å²) in [4.78, 5) is 18.7. The Balaban J connectivity index is 1.50. The van der Waals surface area contributed by atoms with Crippen molar-refractivity contribution in [2.24, 2.45) is 0 Å². The number of nitrogens with one attached hydrogen (secondary N) is 1. The summed E-state index contributed by atoms with van der Waals surface area (Å²) in [5.41, 5.74) is 1.27. The summed E-state index contributed by atoms with van der Waals surface area (Å²) in [6.07, 6.45) is 1.81. The van der Waals surface area contributed by atoms with Crippen molar-refractivity contribution in [3.63, 3.8) is 0 Å². The molecule has 132 valence electrons. The van der Waals surface area contributed by atoms with Gasteiger partial charge in [-0.05, 0) is 11.6 Å².